The summed E-state index contributed by atoms with van der Waals surface area (Å²) in [6, 6.07) is 9.59. The van der Waals surface area contributed by atoms with Crippen molar-refractivity contribution in [2.24, 2.45) is 0 Å². The molecule has 0 bridgehead atoms. The minimum Gasteiger partial charge on any atom is -0.504 e. The van der Waals surface area contributed by atoms with E-state index in [2.05, 4.69) is 0 Å². The Bertz CT molecular complexity index is 706. The van der Waals surface area contributed by atoms with Crippen LogP contribution in [0.5, 0.6) is 11.5 Å². The van der Waals surface area contributed by atoms with E-state index in [1.807, 2.05) is 0 Å². The molecule has 0 radical (unpaired) electrons. The van der Waals surface area contributed by atoms with Gasteiger partial charge >= 0.3 is 5.97 Å². The van der Waals surface area contributed by atoms with Crippen LogP contribution >= 0.6 is 0 Å². The third kappa shape index (κ3) is 2.93. The third-order valence-corrected chi connectivity index (χ3v) is 3.19. The number of rotatable bonds is 5. The molecular formula is C17H16O5. The highest BCUT2D eigenvalue weighted by Gasteiger charge is 2.18. The Kier molecular flexibility index (Phi) is 4.78. The lowest BCUT2D eigenvalue weighted by atomic mass is 9.95. The smallest absolute Gasteiger partial charge is 0.338 e. The second-order valence-corrected chi connectivity index (χ2v) is 4.50. The molecule has 1 N–H and O–H groups in total. The Morgan fingerprint density at radius 2 is 1.95 bits per heavy atom. The maximum Gasteiger partial charge on any atom is 0.338 e. The normalized spacial score (nSPS) is 10.1. The van der Waals surface area contributed by atoms with Crippen molar-refractivity contribution in [2.75, 3.05) is 13.7 Å². The first-order valence-electron chi connectivity index (χ1n) is 6.75. The number of esters is 1. The van der Waals surface area contributed by atoms with Gasteiger partial charge in [-0.3, -0.25) is 4.79 Å². The lowest BCUT2D eigenvalue weighted by Crippen LogP contribution is -2.07. The van der Waals surface area contributed by atoms with Crippen LogP contribution in [0.2, 0.25) is 0 Å². The molecule has 2 rings (SSSR count). The van der Waals surface area contributed by atoms with Crippen LogP contribution in [-0.4, -0.2) is 31.1 Å². The number of hydrogen-bond donors (Lipinski definition) is 1. The van der Waals surface area contributed by atoms with Gasteiger partial charge in [0.2, 0.25) is 0 Å². The first kappa shape index (κ1) is 15.6. The van der Waals surface area contributed by atoms with Gasteiger partial charge in [-0.25, -0.2) is 4.79 Å². The van der Waals surface area contributed by atoms with Gasteiger partial charge in [0.1, 0.15) is 0 Å². The lowest BCUT2D eigenvalue weighted by molar-refractivity contribution is 0.0527. The zero-order chi connectivity index (χ0) is 16.1. The van der Waals surface area contributed by atoms with Crippen LogP contribution in [0, 0.1) is 0 Å². The molecular weight excluding hydrogens is 284 g/mol. The molecule has 0 aliphatic heterocycles. The van der Waals surface area contributed by atoms with Gasteiger partial charge in [-0.2, -0.15) is 0 Å². The van der Waals surface area contributed by atoms with E-state index < -0.39 is 5.97 Å². The average molecular weight is 300 g/mol. The highest BCUT2D eigenvalue weighted by molar-refractivity contribution is 6.00. The lowest BCUT2D eigenvalue weighted by Gasteiger charge is -2.13. The fourth-order valence-electron chi connectivity index (χ4n) is 2.18. The number of aldehydes is 1. The summed E-state index contributed by atoms with van der Waals surface area (Å²) >= 11 is 0. The molecule has 0 atom stereocenters. The minimum absolute atomic E-state index is 0.109. The molecule has 2 aromatic carbocycles. The SMILES string of the molecule is CCOC(=O)c1ccccc1-c1cc(O)c(OC)cc1C=O. The van der Waals surface area contributed by atoms with Crippen molar-refractivity contribution in [3.8, 4) is 22.6 Å². The van der Waals surface area contributed by atoms with Crippen LogP contribution in [0.15, 0.2) is 36.4 Å². The van der Waals surface area contributed by atoms with Gasteiger partial charge in [-0.1, -0.05) is 18.2 Å². The molecule has 0 saturated carbocycles. The Balaban J connectivity index is 2.64. The first-order chi connectivity index (χ1) is 10.6. The highest BCUT2D eigenvalue weighted by Crippen LogP contribution is 2.35. The molecule has 0 aromatic heterocycles. The van der Waals surface area contributed by atoms with Crippen molar-refractivity contribution in [3.05, 3.63) is 47.5 Å². The molecule has 2 aromatic rings. The van der Waals surface area contributed by atoms with Crippen molar-refractivity contribution in [3.63, 3.8) is 0 Å². The van der Waals surface area contributed by atoms with Crippen LogP contribution in [0.25, 0.3) is 11.1 Å². The number of ether oxygens (including phenoxy) is 2. The van der Waals surface area contributed by atoms with Crippen molar-refractivity contribution in [1.82, 2.24) is 0 Å². The van der Waals surface area contributed by atoms with E-state index in [-0.39, 0.29) is 18.1 Å². The number of phenolic OH excluding ortho intramolecular Hbond substituents is 1. The van der Waals surface area contributed by atoms with Gasteiger partial charge in [0.05, 0.1) is 19.3 Å². The van der Waals surface area contributed by atoms with Crippen LogP contribution in [0.4, 0.5) is 0 Å². The van der Waals surface area contributed by atoms with Gasteiger partial charge < -0.3 is 14.6 Å². The van der Waals surface area contributed by atoms with Crippen molar-refractivity contribution in [2.45, 2.75) is 6.92 Å². The summed E-state index contributed by atoms with van der Waals surface area (Å²) < 4.78 is 10.0. The Morgan fingerprint density at radius 1 is 1.23 bits per heavy atom. The van der Waals surface area contributed by atoms with Crippen molar-refractivity contribution < 1.29 is 24.2 Å². The highest BCUT2D eigenvalue weighted by atomic mass is 16.5. The van der Waals surface area contributed by atoms with E-state index in [4.69, 9.17) is 9.47 Å². The van der Waals surface area contributed by atoms with Crippen LogP contribution < -0.4 is 4.74 Å². The number of aromatic hydroxyl groups is 1. The monoisotopic (exact) mass is 300 g/mol. The number of hydrogen-bond acceptors (Lipinski definition) is 5. The van der Waals surface area contributed by atoms with Gasteiger partial charge in [0.15, 0.2) is 17.8 Å². The summed E-state index contributed by atoms with van der Waals surface area (Å²) in [5.41, 5.74) is 1.60. The molecule has 114 valence electrons. The summed E-state index contributed by atoms with van der Waals surface area (Å²) in [7, 11) is 1.40. The third-order valence-electron chi connectivity index (χ3n) is 3.19. The maximum absolute atomic E-state index is 12.0. The Labute approximate surface area is 128 Å². The van der Waals surface area contributed by atoms with Gasteiger partial charge in [-0.05, 0) is 36.2 Å². The number of benzene rings is 2. The van der Waals surface area contributed by atoms with Gasteiger partial charge in [0.25, 0.3) is 0 Å². The summed E-state index contributed by atoms with van der Waals surface area (Å²) in [6.07, 6.45) is 0.652. The molecule has 0 spiro atoms. The van der Waals surface area contributed by atoms with E-state index in [1.54, 1.807) is 31.2 Å². The quantitative estimate of drug-likeness (QED) is 0.678. The molecule has 0 unspecified atom stereocenters. The predicted molar refractivity (Wildman–Crippen MR) is 81.4 cm³/mol. The summed E-state index contributed by atoms with van der Waals surface area (Å²) in [6.45, 7) is 1.97. The van der Waals surface area contributed by atoms with E-state index >= 15 is 0 Å². The molecule has 0 aliphatic rings. The fraction of sp³-hybridized carbons (Fsp3) is 0.176. The second-order valence-electron chi connectivity index (χ2n) is 4.50. The number of methoxy groups -OCH3 is 1. The zero-order valence-electron chi connectivity index (χ0n) is 12.3. The van der Waals surface area contributed by atoms with E-state index in [0.717, 1.165) is 0 Å². The number of phenols is 1. The summed E-state index contributed by atoms with van der Waals surface area (Å²) in [5, 5.41) is 9.95. The van der Waals surface area contributed by atoms with Crippen molar-refractivity contribution >= 4 is 12.3 Å². The molecule has 5 nitrogen and oxygen atoms in total. The Morgan fingerprint density at radius 3 is 2.59 bits per heavy atom. The summed E-state index contributed by atoms with van der Waals surface area (Å²) in [4.78, 5) is 23.4. The average Bonchev–Trinajstić information content (AvgIpc) is 2.54. The second kappa shape index (κ2) is 6.76. The standard InChI is InChI=1S/C17H16O5/c1-3-22-17(20)13-7-5-4-6-12(13)14-9-15(19)16(21-2)8-11(14)10-18/h4-10,19H,3H2,1-2H3. The topological polar surface area (TPSA) is 72.8 Å². The molecule has 0 saturated heterocycles. The number of carbonyl (C=O) groups excluding carboxylic acids is 2. The zero-order valence-corrected chi connectivity index (χ0v) is 12.3. The van der Waals surface area contributed by atoms with Gasteiger partial charge in [-0.15, -0.1) is 0 Å². The Hall–Kier alpha value is -2.82. The van der Waals surface area contributed by atoms with Crippen LogP contribution in [-0.2, 0) is 4.74 Å². The van der Waals surface area contributed by atoms with Crippen LogP contribution in [0.1, 0.15) is 27.6 Å². The molecule has 0 aliphatic carbocycles. The van der Waals surface area contributed by atoms with E-state index in [1.165, 1.54) is 19.2 Å². The molecule has 0 heterocycles. The minimum atomic E-state index is -0.481. The largest absolute Gasteiger partial charge is 0.504 e. The van der Waals surface area contributed by atoms with Crippen molar-refractivity contribution in [1.29, 1.82) is 0 Å². The first-order valence-corrected chi connectivity index (χ1v) is 6.75. The predicted octanol–water partition coefficient (Wildman–Crippen LogP) is 3.06. The molecule has 0 amide bonds. The van der Waals surface area contributed by atoms with E-state index in [0.29, 0.717) is 28.5 Å². The maximum atomic E-state index is 12.0. The van der Waals surface area contributed by atoms with Crippen LogP contribution in [0.3, 0.4) is 0 Å². The summed E-state index contributed by atoms with van der Waals surface area (Å²) in [5.74, 6) is -0.397. The fourth-order valence-corrected chi connectivity index (χ4v) is 2.18. The van der Waals surface area contributed by atoms with Gasteiger partial charge in [0, 0.05) is 5.56 Å². The van der Waals surface area contributed by atoms with E-state index in [9.17, 15) is 14.7 Å². The molecule has 0 fully saturated rings. The number of carbonyl (C=O) groups is 2. The molecule has 5 heteroatoms. The molecule has 22 heavy (non-hydrogen) atoms.